The van der Waals surface area contributed by atoms with E-state index in [4.69, 9.17) is 9.15 Å². The minimum atomic E-state index is -0.392. The zero-order chi connectivity index (χ0) is 20.1. The molecule has 0 radical (unpaired) electrons. The predicted octanol–water partition coefficient (Wildman–Crippen LogP) is 5.51. The Hall–Kier alpha value is -3.08. The largest absolute Gasteiger partial charge is 0.462 e. The van der Waals surface area contributed by atoms with E-state index >= 15 is 0 Å². The Balaban J connectivity index is 1.78. The van der Waals surface area contributed by atoms with Crippen LogP contribution in [0.1, 0.15) is 58.7 Å². The van der Waals surface area contributed by atoms with Crippen LogP contribution in [0.3, 0.4) is 0 Å². The van der Waals surface area contributed by atoms with Crippen molar-refractivity contribution in [2.75, 3.05) is 11.9 Å². The first kappa shape index (κ1) is 19.7. The predicted molar refractivity (Wildman–Crippen MR) is 110 cm³/mol. The van der Waals surface area contributed by atoms with Gasteiger partial charge in [-0.15, -0.1) is 0 Å². The fourth-order valence-corrected chi connectivity index (χ4v) is 3.01. The molecule has 3 aromatic rings. The van der Waals surface area contributed by atoms with Gasteiger partial charge in [0.05, 0.1) is 12.2 Å². The number of hydrogen-bond acceptors (Lipinski definition) is 4. The van der Waals surface area contributed by atoms with Crippen molar-refractivity contribution in [1.29, 1.82) is 0 Å². The number of nitrogens with one attached hydrogen (secondary N) is 1. The summed E-state index contributed by atoms with van der Waals surface area (Å²) >= 11 is 0. The van der Waals surface area contributed by atoms with Crippen molar-refractivity contribution in [2.24, 2.45) is 0 Å². The lowest BCUT2D eigenvalue weighted by Gasteiger charge is -2.07. The highest BCUT2D eigenvalue weighted by atomic mass is 16.5. The van der Waals surface area contributed by atoms with E-state index in [9.17, 15) is 9.59 Å². The molecular weight excluding hydrogens is 354 g/mol. The van der Waals surface area contributed by atoms with Crippen LogP contribution in [0.25, 0.3) is 11.0 Å². The highest BCUT2D eigenvalue weighted by Gasteiger charge is 2.18. The van der Waals surface area contributed by atoms with Gasteiger partial charge in [0.15, 0.2) is 5.76 Å². The van der Waals surface area contributed by atoms with Gasteiger partial charge in [-0.05, 0) is 55.7 Å². The molecule has 0 fully saturated rings. The number of anilines is 1. The van der Waals surface area contributed by atoms with Crippen LogP contribution in [0, 0.1) is 6.92 Å². The number of rotatable bonds is 7. The summed E-state index contributed by atoms with van der Waals surface area (Å²) in [6.45, 7) is 6.39. The van der Waals surface area contributed by atoms with E-state index in [1.165, 1.54) is 5.56 Å². The number of aryl methyl sites for hydroxylation is 2. The molecule has 5 nitrogen and oxygen atoms in total. The van der Waals surface area contributed by atoms with E-state index in [-0.39, 0.29) is 11.7 Å². The van der Waals surface area contributed by atoms with Gasteiger partial charge in [0.2, 0.25) is 0 Å². The number of hydrogen-bond donors (Lipinski definition) is 1. The summed E-state index contributed by atoms with van der Waals surface area (Å²) in [6.07, 6.45) is 2.70. The van der Waals surface area contributed by atoms with Crippen molar-refractivity contribution in [3.05, 3.63) is 64.9 Å². The van der Waals surface area contributed by atoms with Crippen LogP contribution in [0.15, 0.2) is 46.9 Å². The zero-order valence-electron chi connectivity index (χ0n) is 16.5. The third-order valence-electron chi connectivity index (χ3n) is 4.70. The second-order valence-corrected chi connectivity index (χ2v) is 6.76. The van der Waals surface area contributed by atoms with Gasteiger partial charge in [0.1, 0.15) is 5.58 Å². The van der Waals surface area contributed by atoms with Crippen LogP contribution in [-0.4, -0.2) is 18.5 Å². The monoisotopic (exact) mass is 379 g/mol. The van der Waals surface area contributed by atoms with E-state index in [1.54, 1.807) is 24.3 Å². The van der Waals surface area contributed by atoms with Gasteiger partial charge in [-0.1, -0.05) is 32.4 Å². The van der Waals surface area contributed by atoms with E-state index in [0.29, 0.717) is 23.4 Å². The van der Waals surface area contributed by atoms with Crippen LogP contribution in [-0.2, 0) is 11.2 Å². The van der Waals surface area contributed by atoms with Crippen LogP contribution in [0.4, 0.5) is 5.69 Å². The third kappa shape index (κ3) is 4.25. The standard InChI is InChI=1S/C23H25NO4/c1-4-6-12-27-23(26)17-8-7-9-18(14-17)24-22(25)21-15(3)19-13-16(5-2)10-11-20(19)28-21/h7-11,13-14H,4-6,12H2,1-3H3,(H,24,25). The molecule has 0 aliphatic rings. The fraction of sp³-hybridized carbons (Fsp3) is 0.304. The number of carbonyl (C=O) groups is 2. The molecule has 0 unspecified atom stereocenters. The normalized spacial score (nSPS) is 10.8. The molecule has 0 aliphatic heterocycles. The van der Waals surface area contributed by atoms with Crippen LogP contribution >= 0.6 is 0 Å². The summed E-state index contributed by atoms with van der Waals surface area (Å²) in [5, 5.41) is 3.75. The quantitative estimate of drug-likeness (QED) is 0.434. The maximum Gasteiger partial charge on any atom is 0.338 e. The first-order valence-electron chi connectivity index (χ1n) is 9.64. The van der Waals surface area contributed by atoms with Crippen LogP contribution in [0.5, 0.6) is 0 Å². The van der Waals surface area contributed by atoms with Gasteiger partial charge in [-0.25, -0.2) is 4.79 Å². The van der Waals surface area contributed by atoms with Crippen LogP contribution in [0.2, 0.25) is 0 Å². The van der Waals surface area contributed by atoms with Crippen molar-refractivity contribution in [3.8, 4) is 0 Å². The van der Waals surface area contributed by atoms with Gasteiger partial charge in [0, 0.05) is 16.6 Å². The minimum absolute atomic E-state index is 0.277. The lowest BCUT2D eigenvalue weighted by molar-refractivity contribution is 0.0499. The molecule has 0 bridgehead atoms. The molecule has 0 saturated carbocycles. The molecule has 1 aromatic heterocycles. The molecular formula is C23H25NO4. The van der Waals surface area contributed by atoms with Gasteiger partial charge >= 0.3 is 5.97 Å². The van der Waals surface area contributed by atoms with Gasteiger partial charge in [-0.2, -0.15) is 0 Å². The zero-order valence-corrected chi connectivity index (χ0v) is 16.5. The Morgan fingerprint density at radius 1 is 1.11 bits per heavy atom. The molecule has 146 valence electrons. The molecule has 3 rings (SSSR count). The van der Waals surface area contributed by atoms with Crippen molar-refractivity contribution in [1.82, 2.24) is 0 Å². The maximum atomic E-state index is 12.7. The molecule has 0 aliphatic carbocycles. The molecule has 2 aromatic carbocycles. The van der Waals surface area contributed by atoms with Crippen molar-refractivity contribution < 1.29 is 18.7 Å². The van der Waals surface area contributed by atoms with Gasteiger partial charge < -0.3 is 14.5 Å². The molecule has 1 heterocycles. The van der Waals surface area contributed by atoms with E-state index in [1.807, 2.05) is 26.0 Å². The highest BCUT2D eigenvalue weighted by molar-refractivity contribution is 6.07. The third-order valence-corrected chi connectivity index (χ3v) is 4.70. The SMILES string of the molecule is CCCCOC(=O)c1cccc(NC(=O)c2oc3ccc(CC)cc3c2C)c1. The van der Waals surface area contributed by atoms with Crippen molar-refractivity contribution in [2.45, 2.75) is 40.0 Å². The highest BCUT2D eigenvalue weighted by Crippen LogP contribution is 2.27. The van der Waals surface area contributed by atoms with Crippen molar-refractivity contribution in [3.63, 3.8) is 0 Å². The van der Waals surface area contributed by atoms with E-state index in [0.717, 1.165) is 30.2 Å². The Labute approximate surface area is 164 Å². The topological polar surface area (TPSA) is 68.5 Å². The molecule has 1 N–H and O–H groups in total. The summed E-state index contributed by atoms with van der Waals surface area (Å²) in [6, 6.07) is 12.7. The Morgan fingerprint density at radius 3 is 2.68 bits per heavy atom. The first-order chi connectivity index (χ1) is 13.5. The lowest BCUT2D eigenvalue weighted by atomic mass is 10.1. The molecule has 0 saturated heterocycles. The molecule has 0 atom stereocenters. The number of unbranched alkanes of at least 4 members (excludes halogenated alkanes) is 1. The van der Waals surface area contributed by atoms with Crippen LogP contribution < -0.4 is 5.32 Å². The lowest BCUT2D eigenvalue weighted by Crippen LogP contribution is -2.13. The molecule has 5 heteroatoms. The fourth-order valence-electron chi connectivity index (χ4n) is 3.01. The smallest absolute Gasteiger partial charge is 0.338 e. The first-order valence-corrected chi connectivity index (χ1v) is 9.64. The van der Waals surface area contributed by atoms with E-state index < -0.39 is 5.97 Å². The number of esters is 1. The average molecular weight is 379 g/mol. The number of furan rings is 1. The molecule has 28 heavy (non-hydrogen) atoms. The summed E-state index contributed by atoms with van der Waals surface area (Å²) < 4.78 is 11.0. The Bertz CT molecular complexity index is 1000. The van der Waals surface area contributed by atoms with Gasteiger partial charge in [0.25, 0.3) is 5.91 Å². The Kier molecular flexibility index (Phi) is 6.14. The Morgan fingerprint density at radius 2 is 1.93 bits per heavy atom. The summed E-state index contributed by atoms with van der Waals surface area (Å²) in [4.78, 5) is 24.8. The van der Waals surface area contributed by atoms with Gasteiger partial charge in [-0.3, -0.25) is 4.79 Å². The molecule has 1 amide bonds. The summed E-state index contributed by atoms with van der Waals surface area (Å²) in [5.41, 5.74) is 3.61. The number of benzene rings is 2. The maximum absolute atomic E-state index is 12.7. The number of fused-ring (bicyclic) bond motifs is 1. The molecule has 0 spiro atoms. The van der Waals surface area contributed by atoms with E-state index in [2.05, 4.69) is 18.3 Å². The van der Waals surface area contributed by atoms with Crippen molar-refractivity contribution >= 4 is 28.5 Å². The summed E-state index contributed by atoms with van der Waals surface area (Å²) in [5.74, 6) is -0.459. The minimum Gasteiger partial charge on any atom is -0.462 e. The number of carbonyl (C=O) groups excluding carboxylic acids is 2. The second-order valence-electron chi connectivity index (χ2n) is 6.76. The second kappa shape index (κ2) is 8.74. The summed E-state index contributed by atoms with van der Waals surface area (Å²) in [7, 11) is 0. The number of ether oxygens (including phenoxy) is 1. The average Bonchev–Trinajstić information content (AvgIpc) is 3.04. The number of amides is 1.